The lowest BCUT2D eigenvalue weighted by molar-refractivity contribution is -0.122. The van der Waals surface area contributed by atoms with Crippen LogP contribution in [0.1, 0.15) is 11.1 Å². The molecule has 3 rings (SSSR count). The molecule has 9 heteroatoms. The Morgan fingerprint density at radius 2 is 1.82 bits per heavy atom. The molecule has 2 aromatic carbocycles. The van der Waals surface area contributed by atoms with Crippen molar-refractivity contribution in [1.29, 1.82) is 0 Å². The number of barbiturate groups is 1. The predicted molar refractivity (Wildman–Crippen MR) is 105 cm³/mol. The van der Waals surface area contributed by atoms with Gasteiger partial charge in [0.15, 0.2) is 11.5 Å². The SMILES string of the molecule is COc1cc(/C=C2/C(=O)NC(=O)N(c3ccc(C)c(Cl)c3)C2=O)cc(Cl)c1O. The fraction of sp³-hybridized carbons (Fsp3) is 0.105. The number of carbonyl (C=O) groups is 3. The summed E-state index contributed by atoms with van der Waals surface area (Å²) in [5.41, 5.74) is 1.03. The number of amides is 4. The Morgan fingerprint density at radius 3 is 2.46 bits per heavy atom. The van der Waals surface area contributed by atoms with E-state index in [1.807, 2.05) is 0 Å². The van der Waals surface area contributed by atoms with Crippen molar-refractivity contribution in [3.8, 4) is 11.5 Å². The van der Waals surface area contributed by atoms with Gasteiger partial charge in [-0.05, 0) is 48.4 Å². The highest BCUT2D eigenvalue weighted by atomic mass is 35.5. The second-order valence-electron chi connectivity index (χ2n) is 5.94. The van der Waals surface area contributed by atoms with Crippen LogP contribution in [0, 0.1) is 6.92 Å². The van der Waals surface area contributed by atoms with Crippen molar-refractivity contribution in [1.82, 2.24) is 5.32 Å². The second kappa shape index (κ2) is 7.53. The minimum atomic E-state index is -0.881. The number of anilines is 1. The van der Waals surface area contributed by atoms with E-state index in [1.165, 1.54) is 31.4 Å². The Morgan fingerprint density at radius 1 is 1.11 bits per heavy atom. The minimum Gasteiger partial charge on any atom is -0.503 e. The molecule has 1 heterocycles. The Balaban J connectivity index is 2.06. The molecule has 0 aliphatic carbocycles. The zero-order valence-corrected chi connectivity index (χ0v) is 16.3. The number of halogens is 2. The summed E-state index contributed by atoms with van der Waals surface area (Å²) >= 11 is 12.0. The molecule has 0 radical (unpaired) electrons. The van der Waals surface area contributed by atoms with E-state index in [-0.39, 0.29) is 27.8 Å². The normalized spacial score (nSPS) is 15.8. The molecule has 0 atom stereocenters. The first-order valence-corrected chi connectivity index (χ1v) is 8.72. The zero-order valence-electron chi connectivity index (χ0n) is 14.7. The fourth-order valence-electron chi connectivity index (χ4n) is 2.61. The topological polar surface area (TPSA) is 95.9 Å². The van der Waals surface area contributed by atoms with Gasteiger partial charge in [0.05, 0.1) is 17.8 Å². The number of urea groups is 1. The lowest BCUT2D eigenvalue weighted by Gasteiger charge is -2.26. The number of rotatable bonds is 3. The van der Waals surface area contributed by atoms with Crippen molar-refractivity contribution in [3.05, 3.63) is 57.1 Å². The third kappa shape index (κ3) is 3.54. The number of ether oxygens (including phenoxy) is 1. The second-order valence-corrected chi connectivity index (χ2v) is 6.76. The number of benzene rings is 2. The monoisotopic (exact) mass is 420 g/mol. The van der Waals surface area contributed by atoms with Gasteiger partial charge in [-0.3, -0.25) is 14.9 Å². The zero-order chi connectivity index (χ0) is 20.6. The molecule has 2 N–H and O–H groups in total. The van der Waals surface area contributed by atoms with E-state index in [0.29, 0.717) is 10.6 Å². The Bertz CT molecular complexity index is 1050. The van der Waals surface area contributed by atoms with Gasteiger partial charge >= 0.3 is 6.03 Å². The maximum atomic E-state index is 12.9. The van der Waals surface area contributed by atoms with Gasteiger partial charge in [-0.25, -0.2) is 9.69 Å². The minimum absolute atomic E-state index is 0.0203. The molecule has 0 unspecified atom stereocenters. The number of nitrogens with one attached hydrogen (secondary N) is 1. The van der Waals surface area contributed by atoms with Crippen LogP contribution in [0.25, 0.3) is 6.08 Å². The standard InChI is InChI=1S/C19H14Cl2N2O5/c1-9-3-4-11(8-13(9)20)23-18(26)12(17(25)22-19(23)27)5-10-6-14(21)16(24)15(7-10)28-2/h3-8,24H,1-2H3,(H,22,25,27)/b12-5-. The van der Waals surface area contributed by atoms with Crippen LogP contribution in [0.3, 0.4) is 0 Å². The fourth-order valence-corrected chi connectivity index (χ4v) is 3.01. The molecule has 0 aromatic heterocycles. The van der Waals surface area contributed by atoms with Gasteiger partial charge in [0, 0.05) is 5.02 Å². The average Bonchev–Trinajstić information content (AvgIpc) is 2.64. The van der Waals surface area contributed by atoms with E-state index >= 15 is 0 Å². The van der Waals surface area contributed by atoms with Gasteiger partial charge < -0.3 is 9.84 Å². The van der Waals surface area contributed by atoms with Crippen molar-refractivity contribution in [2.75, 3.05) is 12.0 Å². The lowest BCUT2D eigenvalue weighted by Crippen LogP contribution is -2.54. The summed E-state index contributed by atoms with van der Waals surface area (Å²) in [6, 6.07) is 6.54. The number of nitrogens with zero attached hydrogens (tertiary/aromatic N) is 1. The molecule has 144 valence electrons. The highest BCUT2D eigenvalue weighted by molar-refractivity contribution is 6.39. The molecule has 2 aromatic rings. The van der Waals surface area contributed by atoms with Gasteiger partial charge in [0.2, 0.25) is 0 Å². The smallest absolute Gasteiger partial charge is 0.335 e. The number of aryl methyl sites for hydroxylation is 1. The van der Waals surface area contributed by atoms with Crippen LogP contribution in [-0.4, -0.2) is 30.1 Å². The van der Waals surface area contributed by atoms with Crippen LogP contribution in [0.4, 0.5) is 10.5 Å². The number of methoxy groups -OCH3 is 1. The number of hydrogen-bond acceptors (Lipinski definition) is 5. The Hall–Kier alpha value is -3.03. The molecular formula is C19H14Cl2N2O5. The van der Waals surface area contributed by atoms with E-state index in [2.05, 4.69) is 5.32 Å². The van der Waals surface area contributed by atoms with Crippen LogP contribution < -0.4 is 15.0 Å². The van der Waals surface area contributed by atoms with Crippen LogP contribution >= 0.6 is 23.2 Å². The number of aromatic hydroxyl groups is 1. The first-order valence-electron chi connectivity index (χ1n) is 7.97. The third-order valence-corrected chi connectivity index (χ3v) is 4.79. The molecule has 4 amide bonds. The number of imide groups is 2. The predicted octanol–water partition coefficient (Wildman–Crippen LogP) is 3.68. The first-order chi connectivity index (χ1) is 13.2. The highest BCUT2D eigenvalue weighted by Crippen LogP contribution is 2.36. The van der Waals surface area contributed by atoms with Gasteiger partial charge in [-0.2, -0.15) is 0 Å². The Labute approximate surface area is 170 Å². The van der Waals surface area contributed by atoms with Crippen molar-refractivity contribution in [3.63, 3.8) is 0 Å². The van der Waals surface area contributed by atoms with Crippen LogP contribution in [0.5, 0.6) is 11.5 Å². The number of phenolic OH excluding ortho intramolecular Hbond substituents is 1. The maximum absolute atomic E-state index is 12.9. The van der Waals surface area contributed by atoms with Crippen LogP contribution in [-0.2, 0) is 9.59 Å². The number of carbonyl (C=O) groups excluding carboxylic acids is 3. The van der Waals surface area contributed by atoms with Crippen LogP contribution in [0.2, 0.25) is 10.0 Å². The van der Waals surface area contributed by atoms with E-state index in [9.17, 15) is 19.5 Å². The van der Waals surface area contributed by atoms with Gasteiger partial charge in [0.25, 0.3) is 11.8 Å². The molecule has 28 heavy (non-hydrogen) atoms. The highest BCUT2D eigenvalue weighted by Gasteiger charge is 2.37. The molecule has 0 saturated carbocycles. The van der Waals surface area contributed by atoms with Crippen molar-refractivity contribution in [2.45, 2.75) is 6.92 Å². The quantitative estimate of drug-likeness (QED) is 0.582. The van der Waals surface area contributed by atoms with Crippen molar-refractivity contribution in [2.24, 2.45) is 0 Å². The lowest BCUT2D eigenvalue weighted by atomic mass is 10.1. The summed E-state index contributed by atoms with van der Waals surface area (Å²) in [5, 5.41) is 12.3. The molecule has 7 nitrogen and oxygen atoms in total. The van der Waals surface area contributed by atoms with E-state index < -0.39 is 17.8 Å². The molecule has 1 saturated heterocycles. The summed E-state index contributed by atoms with van der Waals surface area (Å²) in [6.07, 6.45) is 1.25. The molecule has 1 fully saturated rings. The maximum Gasteiger partial charge on any atom is 0.335 e. The molecule has 1 aliphatic rings. The summed E-state index contributed by atoms with van der Waals surface area (Å²) in [5.74, 6) is -1.87. The molecule has 0 spiro atoms. The van der Waals surface area contributed by atoms with Gasteiger partial charge in [-0.1, -0.05) is 29.3 Å². The third-order valence-electron chi connectivity index (χ3n) is 4.10. The average molecular weight is 421 g/mol. The summed E-state index contributed by atoms with van der Waals surface area (Å²) in [4.78, 5) is 38.2. The summed E-state index contributed by atoms with van der Waals surface area (Å²) in [7, 11) is 1.34. The van der Waals surface area contributed by atoms with E-state index in [0.717, 1.165) is 10.5 Å². The van der Waals surface area contributed by atoms with E-state index in [4.69, 9.17) is 27.9 Å². The van der Waals surface area contributed by atoms with Crippen molar-refractivity contribution >= 4 is 52.8 Å². The van der Waals surface area contributed by atoms with Gasteiger partial charge in [0.1, 0.15) is 5.57 Å². The first kappa shape index (κ1) is 19.7. The van der Waals surface area contributed by atoms with Crippen LogP contribution in [0.15, 0.2) is 35.9 Å². The number of hydrogen-bond donors (Lipinski definition) is 2. The van der Waals surface area contributed by atoms with Crippen molar-refractivity contribution < 1.29 is 24.2 Å². The van der Waals surface area contributed by atoms with E-state index in [1.54, 1.807) is 19.1 Å². The number of phenols is 1. The molecule has 0 bridgehead atoms. The Kier molecular flexibility index (Phi) is 5.31. The summed E-state index contributed by atoms with van der Waals surface area (Å²) < 4.78 is 5.01. The summed E-state index contributed by atoms with van der Waals surface area (Å²) in [6.45, 7) is 1.78. The largest absolute Gasteiger partial charge is 0.503 e. The molecule has 1 aliphatic heterocycles. The van der Waals surface area contributed by atoms with Gasteiger partial charge in [-0.15, -0.1) is 0 Å². The molecular weight excluding hydrogens is 407 g/mol.